The third kappa shape index (κ3) is 5.20. The first-order chi connectivity index (χ1) is 19.6. The van der Waals surface area contributed by atoms with Crippen LogP contribution >= 0.6 is 0 Å². The van der Waals surface area contributed by atoms with Crippen LogP contribution in [0.25, 0.3) is 0 Å². The van der Waals surface area contributed by atoms with Crippen molar-refractivity contribution in [3.8, 4) is 0 Å². The topological polar surface area (TPSA) is 129 Å². The van der Waals surface area contributed by atoms with E-state index < -0.39 is 70.8 Å². The van der Waals surface area contributed by atoms with Crippen LogP contribution in [-0.4, -0.2) is 70.8 Å². The summed E-state index contributed by atoms with van der Waals surface area (Å²) in [5, 5.41) is 22.6. The number of rotatable bonds is 7. The van der Waals surface area contributed by atoms with E-state index in [0.717, 1.165) is 0 Å². The maximum absolute atomic E-state index is 13.7. The molecule has 1 aromatic carbocycles. The molecule has 9 heteroatoms. The molecule has 0 aliphatic heterocycles. The predicted octanol–water partition coefficient (Wildman–Crippen LogP) is 4.31. The number of carbonyl (C=O) groups excluding carboxylic acids is 3. The second kappa shape index (κ2) is 11.6. The third-order valence-corrected chi connectivity index (χ3v) is 9.97. The normalized spacial score (nSPS) is 34.6. The molecule has 3 aliphatic rings. The Morgan fingerprint density at radius 1 is 1.00 bits per heavy atom. The molecule has 4 rings (SSSR count). The van der Waals surface area contributed by atoms with E-state index in [9.17, 15) is 24.6 Å². The van der Waals surface area contributed by atoms with Gasteiger partial charge in [-0.15, -0.1) is 0 Å². The Kier molecular flexibility index (Phi) is 8.80. The molecule has 0 amide bonds. The summed E-state index contributed by atoms with van der Waals surface area (Å²) in [6.45, 7) is 16.6. The van der Waals surface area contributed by atoms with E-state index in [-0.39, 0.29) is 12.8 Å². The summed E-state index contributed by atoms with van der Waals surface area (Å²) in [6.07, 6.45) is -4.52. The lowest BCUT2D eigenvalue weighted by molar-refractivity contribution is -0.196. The standard InChI is InChI=1S/C33H44O9/c1-9-39-31(6,7)33-16-23-18(2)24(36)15-26(40-20(4)34)32(23,8)29(41-21(5)35)28(27(33)19(3)25(37)17-33)42-30(38)22-13-11-10-12-14-22/h10-14,23-26,28-29,36-37H,2,9,15-17H2,1,3-8H3/t23?,24-,25-,26-,28+,29-,32-,33-/m0/s1. The molecule has 230 valence electrons. The highest BCUT2D eigenvalue weighted by Crippen LogP contribution is 2.65. The quantitative estimate of drug-likeness (QED) is 0.274. The zero-order chi connectivity index (χ0) is 31.2. The van der Waals surface area contributed by atoms with Crippen LogP contribution in [-0.2, 0) is 28.5 Å². The number of aliphatic hydroxyl groups excluding tert-OH is 2. The first-order valence-electron chi connectivity index (χ1n) is 14.6. The molecule has 1 unspecified atom stereocenters. The Morgan fingerprint density at radius 3 is 2.19 bits per heavy atom. The summed E-state index contributed by atoms with van der Waals surface area (Å²) in [5.41, 5.74) is -0.997. The van der Waals surface area contributed by atoms with E-state index in [2.05, 4.69) is 6.58 Å². The molecule has 0 bridgehead atoms. The summed E-state index contributed by atoms with van der Waals surface area (Å²) in [6, 6.07) is 8.49. The van der Waals surface area contributed by atoms with Gasteiger partial charge in [-0.2, -0.15) is 0 Å². The molecule has 42 heavy (non-hydrogen) atoms. The lowest BCUT2D eigenvalue weighted by atomic mass is 9.56. The molecule has 8 atom stereocenters. The van der Waals surface area contributed by atoms with E-state index in [4.69, 9.17) is 18.9 Å². The van der Waals surface area contributed by atoms with Crippen molar-refractivity contribution in [2.75, 3.05) is 6.61 Å². The van der Waals surface area contributed by atoms with Crippen LogP contribution in [0.15, 0.2) is 53.6 Å². The fraction of sp³-hybridized carbons (Fsp3) is 0.606. The van der Waals surface area contributed by atoms with Gasteiger partial charge in [-0.25, -0.2) is 4.79 Å². The monoisotopic (exact) mass is 584 g/mol. The number of esters is 3. The highest BCUT2D eigenvalue weighted by molar-refractivity contribution is 5.89. The van der Waals surface area contributed by atoms with E-state index >= 15 is 0 Å². The maximum Gasteiger partial charge on any atom is 0.338 e. The SMILES string of the molecule is C=C1C2C[C@]3(C(C)(C)OCC)C[C@H](O)C(C)=C3[C@@H](OC(=O)c3ccccc3)[C@H](OC(C)=O)[C@]2(C)[C@@H](OC(C)=O)C[C@@H]1O. The van der Waals surface area contributed by atoms with Crippen LogP contribution in [0, 0.1) is 16.7 Å². The molecule has 2 N–H and O–H groups in total. The Hall–Kier alpha value is -3.01. The van der Waals surface area contributed by atoms with Gasteiger partial charge in [0.2, 0.25) is 0 Å². The van der Waals surface area contributed by atoms with E-state index in [0.29, 0.717) is 35.3 Å². The Morgan fingerprint density at radius 2 is 1.62 bits per heavy atom. The number of carbonyl (C=O) groups is 3. The van der Waals surface area contributed by atoms with Crippen LogP contribution in [0.4, 0.5) is 0 Å². The largest absolute Gasteiger partial charge is 0.462 e. The molecule has 1 aromatic rings. The molecule has 0 spiro atoms. The van der Waals surface area contributed by atoms with E-state index in [1.807, 2.05) is 27.7 Å². The first kappa shape index (κ1) is 31.9. The van der Waals surface area contributed by atoms with Crippen molar-refractivity contribution >= 4 is 17.9 Å². The second-order valence-electron chi connectivity index (χ2n) is 12.6. The van der Waals surface area contributed by atoms with Crippen molar-refractivity contribution in [2.24, 2.45) is 16.7 Å². The van der Waals surface area contributed by atoms with E-state index in [1.165, 1.54) is 13.8 Å². The summed E-state index contributed by atoms with van der Waals surface area (Å²) in [7, 11) is 0. The van der Waals surface area contributed by atoms with Crippen LogP contribution in [0.2, 0.25) is 0 Å². The average Bonchev–Trinajstić information content (AvgIpc) is 3.12. The zero-order valence-corrected chi connectivity index (χ0v) is 25.6. The van der Waals surface area contributed by atoms with Crippen molar-refractivity contribution < 1.29 is 43.5 Å². The van der Waals surface area contributed by atoms with Gasteiger partial charge in [-0.1, -0.05) is 31.7 Å². The smallest absolute Gasteiger partial charge is 0.338 e. The number of benzene rings is 1. The number of hydrogen-bond donors (Lipinski definition) is 2. The van der Waals surface area contributed by atoms with Crippen molar-refractivity contribution in [1.29, 1.82) is 0 Å². The molecule has 0 radical (unpaired) electrons. The van der Waals surface area contributed by atoms with Crippen molar-refractivity contribution in [2.45, 2.75) is 104 Å². The van der Waals surface area contributed by atoms with Crippen molar-refractivity contribution in [3.63, 3.8) is 0 Å². The molecule has 0 saturated heterocycles. The Bertz CT molecular complexity index is 1270. The van der Waals surface area contributed by atoms with Crippen LogP contribution in [0.5, 0.6) is 0 Å². The van der Waals surface area contributed by atoms with Gasteiger partial charge in [0.15, 0.2) is 12.2 Å². The van der Waals surface area contributed by atoms with Crippen LogP contribution in [0.1, 0.15) is 78.1 Å². The summed E-state index contributed by atoms with van der Waals surface area (Å²) in [5.74, 6) is -2.39. The van der Waals surface area contributed by atoms with Crippen LogP contribution in [0.3, 0.4) is 0 Å². The fourth-order valence-corrected chi connectivity index (χ4v) is 7.80. The molecular weight excluding hydrogens is 540 g/mol. The van der Waals surface area contributed by atoms with Crippen molar-refractivity contribution in [1.82, 2.24) is 0 Å². The summed E-state index contributed by atoms with van der Waals surface area (Å²) < 4.78 is 24.7. The fourth-order valence-electron chi connectivity index (χ4n) is 7.80. The number of ether oxygens (including phenoxy) is 4. The molecular formula is C33H44O9. The van der Waals surface area contributed by atoms with Gasteiger partial charge in [0.05, 0.1) is 28.8 Å². The maximum atomic E-state index is 13.7. The summed E-state index contributed by atoms with van der Waals surface area (Å²) in [4.78, 5) is 38.9. The van der Waals surface area contributed by atoms with Gasteiger partial charge >= 0.3 is 17.9 Å². The third-order valence-electron chi connectivity index (χ3n) is 9.97. The number of aliphatic hydroxyl groups is 2. The average molecular weight is 585 g/mol. The summed E-state index contributed by atoms with van der Waals surface area (Å²) >= 11 is 0. The molecule has 0 heterocycles. The van der Waals surface area contributed by atoms with Gasteiger partial charge in [0, 0.05) is 32.3 Å². The number of hydrogen-bond acceptors (Lipinski definition) is 9. The molecule has 3 aliphatic carbocycles. The molecule has 9 nitrogen and oxygen atoms in total. The Balaban J connectivity index is 2.06. The Labute approximate surface area is 247 Å². The van der Waals surface area contributed by atoms with Gasteiger partial charge in [-0.3, -0.25) is 9.59 Å². The van der Waals surface area contributed by atoms with Gasteiger partial charge in [0.1, 0.15) is 6.10 Å². The minimum absolute atomic E-state index is 0.0328. The zero-order valence-electron chi connectivity index (χ0n) is 25.6. The lowest BCUT2D eigenvalue weighted by Crippen LogP contribution is -2.60. The van der Waals surface area contributed by atoms with Gasteiger partial charge < -0.3 is 29.2 Å². The second-order valence-corrected chi connectivity index (χ2v) is 12.6. The highest BCUT2D eigenvalue weighted by atomic mass is 16.6. The molecule has 0 aromatic heterocycles. The van der Waals surface area contributed by atoms with Crippen LogP contribution < -0.4 is 0 Å². The minimum Gasteiger partial charge on any atom is -0.462 e. The molecule has 2 saturated carbocycles. The predicted molar refractivity (Wildman–Crippen MR) is 154 cm³/mol. The van der Waals surface area contributed by atoms with E-state index in [1.54, 1.807) is 37.3 Å². The first-order valence-corrected chi connectivity index (χ1v) is 14.6. The highest BCUT2D eigenvalue weighted by Gasteiger charge is 2.69. The number of fused-ring (bicyclic) bond motifs is 2. The van der Waals surface area contributed by atoms with Crippen molar-refractivity contribution in [3.05, 3.63) is 59.2 Å². The minimum atomic E-state index is -1.17. The van der Waals surface area contributed by atoms with Gasteiger partial charge in [-0.05, 0) is 75.3 Å². The molecule has 2 fully saturated rings. The van der Waals surface area contributed by atoms with Gasteiger partial charge in [0.25, 0.3) is 0 Å². The lowest BCUT2D eigenvalue weighted by Gasteiger charge is -2.53.